The summed E-state index contributed by atoms with van der Waals surface area (Å²) < 4.78 is 66.3. The standard InChI is InChI=1S/C20H19F5N8O/c1-11-28-13(20(23,24)25)4-15(29-11)32-10-19(5-17(32)34)2-3-31(9-19)16-7-26-12-6-27-33(8-14(21)22)18(12)30-16/h4,6-7,14H,2-3,5,8-10H2,1H3. The summed E-state index contributed by atoms with van der Waals surface area (Å²) in [6.07, 6.45) is -3.61. The number of hydrogen-bond donors (Lipinski definition) is 0. The van der Waals surface area contributed by atoms with Crippen LogP contribution in [0.3, 0.4) is 0 Å². The Morgan fingerprint density at radius 3 is 2.65 bits per heavy atom. The number of fused-ring (bicyclic) bond motifs is 1. The number of hydrogen-bond acceptors (Lipinski definition) is 7. The molecular weight excluding hydrogens is 463 g/mol. The van der Waals surface area contributed by atoms with E-state index in [1.807, 2.05) is 4.90 Å². The molecule has 2 saturated heterocycles. The van der Waals surface area contributed by atoms with Gasteiger partial charge in [0, 0.05) is 37.5 Å². The molecule has 5 rings (SSSR count). The van der Waals surface area contributed by atoms with Crippen molar-refractivity contribution in [3.63, 3.8) is 0 Å². The van der Waals surface area contributed by atoms with Crippen LogP contribution in [0.1, 0.15) is 24.4 Å². The number of amides is 1. The molecule has 2 fully saturated rings. The van der Waals surface area contributed by atoms with E-state index in [4.69, 9.17) is 0 Å². The van der Waals surface area contributed by atoms with Crippen molar-refractivity contribution in [1.29, 1.82) is 0 Å². The summed E-state index contributed by atoms with van der Waals surface area (Å²) in [6, 6.07) is 0.792. The molecular formula is C20H19F5N8O. The Morgan fingerprint density at radius 2 is 1.91 bits per heavy atom. The van der Waals surface area contributed by atoms with Crippen LogP contribution in [0.5, 0.6) is 0 Å². The van der Waals surface area contributed by atoms with Crippen molar-refractivity contribution in [3.8, 4) is 0 Å². The Kier molecular flexibility index (Phi) is 5.13. The molecule has 3 aromatic heterocycles. The largest absolute Gasteiger partial charge is 0.433 e. The minimum Gasteiger partial charge on any atom is -0.355 e. The molecule has 9 nitrogen and oxygen atoms in total. The van der Waals surface area contributed by atoms with E-state index < -0.39 is 30.3 Å². The summed E-state index contributed by atoms with van der Waals surface area (Å²) in [6.45, 7) is 1.89. The molecule has 0 aliphatic carbocycles. The molecule has 0 saturated carbocycles. The van der Waals surface area contributed by atoms with E-state index in [0.717, 1.165) is 10.7 Å². The molecule has 0 aromatic carbocycles. The third-order valence-corrected chi connectivity index (χ3v) is 6.12. The van der Waals surface area contributed by atoms with Crippen molar-refractivity contribution < 1.29 is 26.7 Å². The Labute approximate surface area is 189 Å². The lowest BCUT2D eigenvalue weighted by Gasteiger charge is -2.24. The number of anilines is 2. The van der Waals surface area contributed by atoms with Crippen LogP contribution in [0.15, 0.2) is 18.5 Å². The van der Waals surface area contributed by atoms with Crippen molar-refractivity contribution >= 4 is 28.7 Å². The van der Waals surface area contributed by atoms with E-state index in [-0.39, 0.29) is 36.2 Å². The maximum atomic E-state index is 13.2. The van der Waals surface area contributed by atoms with E-state index in [2.05, 4.69) is 25.0 Å². The Bertz CT molecular complexity index is 1260. The third kappa shape index (κ3) is 4.01. The van der Waals surface area contributed by atoms with Crippen molar-refractivity contribution in [2.75, 3.05) is 29.4 Å². The normalized spacial score (nSPS) is 21.1. The van der Waals surface area contributed by atoms with Crippen molar-refractivity contribution in [1.82, 2.24) is 29.7 Å². The molecule has 5 heterocycles. The van der Waals surface area contributed by atoms with E-state index in [1.165, 1.54) is 24.2 Å². The number of aryl methyl sites for hydroxylation is 1. The van der Waals surface area contributed by atoms with Gasteiger partial charge in [-0.3, -0.25) is 9.69 Å². The summed E-state index contributed by atoms with van der Waals surface area (Å²) in [4.78, 5) is 32.2. The number of halogens is 5. The summed E-state index contributed by atoms with van der Waals surface area (Å²) in [5.74, 6) is 0.000945. The van der Waals surface area contributed by atoms with Crippen LogP contribution >= 0.6 is 0 Å². The average Bonchev–Trinajstić information content (AvgIpc) is 3.44. The fourth-order valence-corrected chi connectivity index (χ4v) is 4.60. The van der Waals surface area contributed by atoms with Gasteiger partial charge in [-0.1, -0.05) is 0 Å². The second kappa shape index (κ2) is 7.81. The van der Waals surface area contributed by atoms with Crippen LogP contribution in [-0.4, -0.2) is 61.7 Å². The predicted octanol–water partition coefficient (Wildman–Crippen LogP) is 2.84. The number of carbonyl (C=O) groups is 1. The van der Waals surface area contributed by atoms with Gasteiger partial charge in [-0.2, -0.15) is 18.3 Å². The number of alkyl halides is 5. The molecule has 0 N–H and O–H groups in total. The van der Waals surface area contributed by atoms with Gasteiger partial charge in [0.2, 0.25) is 5.91 Å². The lowest BCUT2D eigenvalue weighted by molar-refractivity contribution is -0.141. The van der Waals surface area contributed by atoms with E-state index in [1.54, 1.807) is 0 Å². The molecule has 2 aliphatic rings. The molecule has 3 aromatic rings. The van der Waals surface area contributed by atoms with E-state index in [9.17, 15) is 26.7 Å². The highest BCUT2D eigenvalue weighted by Crippen LogP contribution is 2.43. The maximum absolute atomic E-state index is 13.2. The fourth-order valence-electron chi connectivity index (χ4n) is 4.60. The van der Waals surface area contributed by atoms with Gasteiger partial charge in [-0.15, -0.1) is 0 Å². The lowest BCUT2D eigenvalue weighted by atomic mass is 9.86. The van der Waals surface area contributed by atoms with Crippen LogP contribution in [0.25, 0.3) is 11.2 Å². The average molecular weight is 482 g/mol. The van der Waals surface area contributed by atoms with Gasteiger partial charge < -0.3 is 4.90 Å². The van der Waals surface area contributed by atoms with E-state index in [0.29, 0.717) is 30.8 Å². The van der Waals surface area contributed by atoms with Gasteiger partial charge in [0.15, 0.2) is 5.65 Å². The zero-order valence-corrected chi connectivity index (χ0v) is 17.9. The number of aromatic nitrogens is 6. The molecule has 0 radical (unpaired) electrons. The first-order valence-electron chi connectivity index (χ1n) is 10.5. The molecule has 1 atom stereocenters. The highest BCUT2D eigenvalue weighted by atomic mass is 19.4. The summed E-state index contributed by atoms with van der Waals surface area (Å²) in [5.41, 5.74) is -0.978. The van der Waals surface area contributed by atoms with Gasteiger partial charge in [0.05, 0.1) is 12.4 Å². The summed E-state index contributed by atoms with van der Waals surface area (Å²) >= 11 is 0. The molecule has 1 spiro atoms. The van der Waals surface area contributed by atoms with Crippen LogP contribution in [0.4, 0.5) is 33.6 Å². The first kappa shape index (κ1) is 22.3. The maximum Gasteiger partial charge on any atom is 0.433 e. The highest BCUT2D eigenvalue weighted by Gasteiger charge is 2.49. The molecule has 34 heavy (non-hydrogen) atoms. The van der Waals surface area contributed by atoms with Crippen LogP contribution in [0, 0.1) is 12.3 Å². The second-order valence-electron chi connectivity index (χ2n) is 8.64. The molecule has 14 heteroatoms. The van der Waals surface area contributed by atoms with Crippen molar-refractivity contribution in [3.05, 3.63) is 30.0 Å². The third-order valence-electron chi connectivity index (χ3n) is 6.12. The molecule has 1 amide bonds. The van der Waals surface area contributed by atoms with Crippen LogP contribution in [-0.2, 0) is 17.5 Å². The monoisotopic (exact) mass is 482 g/mol. The van der Waals surface area contributed by atoms with Crippen LogP contribution in [0.2, 0.25) is 0 Å². The number of rotatable bonds is 4. The second-order valence-corrected chi connectivity index (χ2v) is 8.64. The zero-order chi connectivity index (χ0) is 24.3. The molecule has 180 valence electrons. The molecule has 2 aliphatic heterocycles. The Balaban J connectivity index is 1.38. The van der Waals surface area contributed by atoms with Gasteiger partial charge in [-0.05, 0) is 13.3 Å². The topological polar surface area (TPSA) is 92.9 Å². The smallest absolute Gasteiger partial charge is 0.355 e. The van der Waals surface area contributed by atoms with Gasteiger partial charge in [0.25, 0.3) is 6.43 Å². The zero-order valence-electron chi connectivity index (χ0n) is 17.9. The quantitative estimate of drug-likeness (QED) is 0.528. The first-order valence-corrected chi connectivity index (χ1v) is 10.5. The minimum absolute atomic E-state index is 0.0720. The highest BCUT2D eigenvalue weighted by molar-refractivity contribution is 5.95. The number of carbonyl (C=O) groups excluding carboxylic acids is 1. The van der Waals surface area contributed by atoms with E-state index >= 15 is 0 Å². The fraction of sp³-hybridized carbons (Fsp3) is 0.500. The Hall–Kier alpha value is -3.45. The predicted molar refractivity (Wildman–Crippen MR) is 109 cm³/mol. The van der Waals surface area contributed by atoms with Crippen molar-refractivity contribution in [2.45, 2.75) is 38.9 Å². The molecule has 0 bridgehead atoms. The molecule has 1 unspecified atom stereocenters. The SMILES string of the molecule is Cc1nc(N2CC3(CCN(c4cnc5cnn(CC(F)F)c5n4)C3)CC2=O)cc(C(F)(F)F)n1. The van der Waals surface area contributed by atoms with Gasteiger partial charge >= 0.3 is 6.18 Å². The summed E-state index contributed by atoms with van der Waals surface area (Å²) in [7, 11) is 0. The van der Waals surface area contributed by atoms with Crippen molar-refractivity contribution in [2.24, 2.45) is 5.41 Å². The minimum atomic E-state index is -4.65. The first-order chi connectivity index (χ1) is 16.0. The van der Waals surface area contributed by atoms with Gasteiger partial charge in [-0.25, -0.2) is 33.4 Å². The Morgan fingerprint density at radius 1 is 1.12 bits per heavy atom. The lowest BCUT2D eigenvalue weighted by Crippen LogP contribution is -2.32. The van der Waals surface area contributed by atoms with Gasteiger partial charge in [0.1, 0.15) is 35.2 Å². The van der Waals surface area contributed by atoms with Crippen LogP contribution < -0.4 is 9.80 Å². The summed E-state index contributed by atoms with van der Waals surface area (Å²) in [5, 5.41) is 3.91. The number of nitrogens with zero attached hydrogens (tertiary/aromatic N) is 8.